The smallest absolute Gasteiger partial charge is 0.239 e. The fourth-order valence-electron chi connectivity index (χ4n) is 4.80. The zero-order valence-electron chi connectivity index (χ0n) is 18.1. The largest absolute Gasteiger partial charge is 0.490 e. The molecule has 160 valence electrons. The Morgan fingerprint density at radius 2 is 1.50 bits per heavy atom. The standard InChI is InChI=1S/C26H34N2O2/c1-21(27-18-14-25(15-19-27)30-24-10-6-3-7-11-24)26(29)28-16-12-23(13-17-28)20-22-8-4-2-5-9-22/h2-11,21,23,25H,12-20H2,1H3. The third kappa shape index (κ3) is 5.42. The third-order valence-corrected chi connectivity index (χ3v) is 6.72. The van der Waals surface area contributed by atoms with Crippen molar-refractivity contribution in [1.29, 1.82) is 0 Å². The molecular weight excluding hydrogens is 372 g/mol. The van der Waals surface area contributed by atoms with Crippen LogP contribution < -0.4 is 4.74 Å². The molecule has 2 aliphatic rings. The first-order valence-electron chi connectivity index (χ1n) is 11.5. The van der Waals surface area contributed by atoms with E-state index in [0.29, 0.717) is 11.8 Å². The van der Waals surface area contributed by atoms with Crippen LogP contribution in [0.15, 0.2) is 60.7 Å². The number of rotatable bonds is 6. The van der Waals surface area contributed by atoms with E-state index in [-0.39, 0.29) is 12.1 Å². The molecule has 30 heavy (non-hydrogen) atoms. The summed E-state index contributed by atoms with van der Waals surface area (Å²) in [6.07, 6.45) is 5.56. The van der Waals surface area contributed by atoms with Gasteiger partial charge in [-0.25, -0.2) is 0 Å². The van der Waals surface area contributed by atoms with E-state index < -0.39 is 0 Å². The summed E-state index contributed by atoms with van der Waals surface area (Å²) in [6.45, 7) is 5.73. The van der Waals surface area contributed by atoms with Gasteiger partial charge in [-0.15, -0.1) is 0 Å². The topological polar surface area (TPSA) is 32.8 Å². The van der Waals surface area contributed by atoms with Crippen LogP contribution in [0.25, 0.3) is 0 Å². The number of hydrogen-bond acceptors (Lipinski definition) is 3. The Morgan fingerprint density at radius 1 is 0.900 bits per heavy atom. The molecule has 1 unspecified atom stereocenters. The highest BCUT2D eigenvalue weighted by atomic mass is 16.5. The van der Waals surface area contributed by atoms with E-state index in [9.17, 15) is 4.79 Å². The van der Waals surface area contributed by atoms with Crippen molar-refractivity contribution in [1.82, 2.24) is 9.80 Å². The van der Waals surface area contributed by atoms with Crippen LogP contribution in [-0.4, -0.2) is 54.0 Å². The van der Waals surface area contributed by atoms with E-state index in [4.69, 9.17) is 4.74 Å². The fourth-order valence-corrected chi connectivity index (χ4v) is 4.80. The van der Waals surface area contributed by atoms with Crippen molar-refractivity contribution in [2.24, 2.45) is 5.92 Å². The lowest BCUT2D eigenvalue weighted by molar-refractivity contribution is -0.138. The van der Waals surface area contributed by atoms with Crippen molar-refractivity contribution >= 4 is 5.91 Å². The van der Waals surface area contributed by atoms with Crippen LogP contribution in [0.1, 0.15) is 38.2 Å². The Balaban J connectivity index is 1.21. The van der Waals surface area contributed by atoms with E-state index in [2.05, 4.69) is 47.1 Å². The molecule has 0 aliphatic carbocycles. The van der Waals surface area contributed by atoms with E-state index >= 15 is 0 Å². The molecule has 2 fully saturated rings. The Hall–Kier alpha value is -2.33. The first kappa shape index (κ1) is 20.9. The van der Waals surface area contributed by atoms with Crippen molar-refractivity contribution in [2.45, 2.75) is 51.2 Å². The molecule has 4 nitrogen and oxygen atoms in total. The number of benzene rings is 2. The van der Waals surface area contributed by atoms with Crippen LogP contribution in [-0.2, 0) is 11.2 Å². The number of carbonyl (C=O) groups is 1. The zero-order chi connectivity index (χ0) is 20.8. The van der Waals surface area contributed by atoms with Crippen molar-refractivity contribution in [3.8, 4) is 5.75 Å². The molecule has 2 aromatic rings. The summed E-state index contributed by atoms with van der Waals surface area (Å²) in [4.78, 5) is 17.5. The van der Waals surface area contributed by atoms with Gasteiger partial charge in [0.15, 0.2) is 0 Å². The Bertz CT molecular complexity index is 779. The van der Waals surface area contributed by atoms with Crippen molar-refractivity contribution in [3.63, 3.8) is 0 Å². The molecule has 2 aromatic carbocycles. The molecule has 2 saturated heterocycles. The van der Waals surface area contributed by atoms with Gasteiger partial charge in [-0.2, -0.15) is 0 Å². The van der Waals surface area contributed by atoms with Crippen molar-refractivity contribution in [2.75, 3.05) is 26.2 Å². The summed E-state index contributed by atoms with van der Waals surface area (Å²) in [5.74, 6) is 1.94. The van der Waals surface area contributed by atoms with Gasteiger partial charge < -0.3 is 9.64 Å². The molecule has 0 bridgehead atoms. The molecule has 2 aliphatic heterocycles. The van der Waals surface area contributed by atoms with Gasteiger partial charge in [0, 0.05) is 26.2 Å². The van der Waals surface area contributed by atoms with Crippen molar-refractivity contribution < 1.29 is 9.53 Å². The Kier molecular flexibility index (Phi) is 7.06. The number of piperidine rings is 2. The SMILES string of the molecule is CC(C(=O)N1CCC(Cc2ccccc2)CC1)N1CCC(Oc2ccccc2)CC1. The molecule has 1 amide bonds. The minimum Gasteiger partial charge on any atom is -0.490 e. The minimum absolute atomic E-state index is 0.0339. The number of amides is 1. The average Bonchev–Trinajstić information content (AvgIpc) is 2.80. The van der Waals surface area contributed by atoms with Gasteiger partial charge in [0.05, 0.1) is 6.04 Å². The van der Waals surface area contributed by atoms with E-state index in [1.165, 1.54) is 5.56 Å². The molecule has 0 saturated carbocycles. The maximum absolute atomic E-state index is 13.1. The Morgan fingerprint density at radius 3 is 2.13 bits per heavy atom. The second-order valence-electron chi connectivity index (χ2n) is 8.80. The van der Waals surface area contributed by atoms with E-state index in [0.717, 1.165) is 64.0 Å². The van der Waals surface area contributed by atoms with Gasteiger partial charge in [0.1, 0.15) is 11.9 Å². The quantitative estimate of drug-likeness (QED) is 0.713. The van der Waals surface area contributed by atoms with Crippen LogP contribution in [0.4, 0.5) is 0 Å². The van der Waals surface area contributed by atoms with Crippen LogP contribution in [0, 0.1) is 5.92 Å². The molecule has 0 spiro atoms. The van der Waals surface area contributed by atoms with Gasteiger partial charge in [-0.1, -0.05) is 48.5 Å². The highest BCUT2D eigenvalue weighted by Gasteiger charge is 2.31. The van der Waals surface area contributed by atoms with Crippen LogP contribution in [0.5, 0.6) is 5.75 Å². The molecule has 2 heterocycles. The minimum atomic E-state index is -0.0339. The molecule has 4 rings (SSSR count). The maximum atomic E-state index is 13.1. The number of carbonyl (C=O) groups excluding carboxylic acids is 1. The summed E-state index contributed by atoms with van der Waals surface area (Å²) in [6, 6.07) is 20.7. The van der Waals surface area contributed by atoms with E-state index in [1.807, 2.05) is 30.3 Å². The van der Waals surface area contributed by atoms with Gasteiger partial charge >= 0.3 is 0 Å². The maximum Gasteiger partial charge on any atom is 0.239 e. The number of likely N-dealkylation sites (tertiary alicyclic amines) is 2. The first-order valence-corrected chi connectivity index (χ1v) is 11.5. The summed E-state index contributed by atoms with van der Waals surface area (Å²) >= 11 is 0. The average molecular weight is 407 g/mol. The normalized spacial score (nSPS) is 20.1. The molecular formula is C26H34N2O2. The summed E-state index contributed by atoms with van der Waals surface area (Å²) < 4.78 is 6.10. The first-order chi connectivity index (χ1) is 14.7. The van der Waals surface area contributed by atoms with Crippen LogP contribution in [0.2, 0.25) is 0 Å². The van der Waals surface area contributed by atoms with Gasteiger partial charge in [0.2, 0.25) is 5.91 Å². The monoisotopic (exact) mass is 406 g/mol. The number of ether oxygens (including phenoxy) is 1. The lowest BCUT2D eigenvalue weighted by atomic mass is 9.90. The van der Waals surface area contributed by atoms with E-state index in [1.54, 1.807) is 0 Å². The molecule has 4 heteroatoms. The van der Waals surface area contributed by atoms with Crippen molar-refractivity contribution in [3.05, 3.63) is 66.2 Å². The lowest BCUT2D eigenvalue weighted by Gasteiger charge is -2.39. The second kappa shape index (κ2) is 10.1. The number of para-hydroxylation sites is 1. The van der Waals surface area contributed by atoms with Gasteiger partial charge in [-0.3, -0.25) is 9.69 Å². The summed E-state index contributed by atoms with van der Waals surface area (Å²) in [5.41, 5.74) is 1.41. The van der Waals surface area contributed by atoms with Crippen LogP contribution in [0.3, 0.4) is 0 Å². The predicted octanol–water partition coefficient (Wildman–Crippen LogP) is 4.40. The molecule has 0 radical (unpaired) electrons. The molecule has 0 aromatic heterocycles. The third-order valence-electron chi connectivity index (χ3n) is 6.72. The highest BCUT2D eigenvalue weighted by molar-refractivity contribution is 5.81. The van der Waals surface area contributed by atoms with Gasteiger partial charge in [-0.05, 0) is 62.6 Å². The fraction of sp³-hybridized carbons (Fsp3) is 0.500. The Labute approximate surface area is 180 Å². The molecule has 1 atom stereocenters. The second-order valence-corrected chi connectivity index (χ2v) is 8.80. The number of hydrogen-bond donors (Lipinski definition) is 0. The molecule has 0 N–H and O–H groups in total. The van der Waals surface area contributed by atoms with Crippen LogP contribution >= 0.6 is 0 Å². The summed E-state index contributed by atoms with van der Waals surface area (Å²) in [7, 11) is 0. The lowest BCUT2D eigenvalue weighted by Crippen LogP contribution is -2.52. The highest BCUT2D eigenvalue weighted by Crippen LogP contribution is 2.24. The number of nitrogens with zero attached hydrogens (tertiary/aromatic N) is 2. The van der Waals surface area contributed by atoms with Gasteiger partial charge in [0.25, 0.3) is 0 Å². The zero-order valence-corrected chi connectivity index (χ0v) is 18.1. The summed E-state index contributed by atoms with van der Waals surface area (Å²) in [5, 5.41) is 0. The predicted molar refractivity (Wildman–Crippen MR) is 121 cm³/mol.